The number of hydrogen-bond donors (Lipinski definition) is 0. The average molecular weight is 361 g/mol. The molecule has 2 atom stereocenters. The maximum atomic E-state index is 12.5. The van der Waals surface area contributed by atoms with Gasteiger partial charge in [-0.3, -0.25) is 9.59 Å². The fourth-order valence-corrected chi connectivity index (χ4v) is 3.01. The van der Waals surface area contributed by atoms with Crippen molar-refractivity contribution in [2.45, 2.75) is 6.92 Å². The molecule has 1 aromatic carbocycles. The monoisotopic (exact) mass is 359 g/mol. The van der Waals surface area contributed by atoms with Crippen LogP contribution >= 0.6 is 27.5 Å². The van der Waals surface area contributed by atoms with E-state index in [0.29, 0.717) is 28.1 Å². The van der Waals surface area contributed by atoms with E-state index < -0.39 is 0 Å². The minimum Gasteiger partial charge on any atom is -0.469 e. The SMILES string of the molecule is COC(=O)C1CN(C(=O)c2cc(Cl)ccc2Br)CC1C. The summed E-state index contributed by atoms with van der Waals surface area (Å²) in [4.78, 5) is 25.8. The predicted octanol–water partition coefficient (Wildman–Crippen LogP) is 2.98. The molecule has 2 rings (SSSR count). The quantitative estimate of drug-likeness (QED) is 0.762. The van der Waals surface area contributed by atoms with Gasteiger partial charge in [-0.15, -0.1) is 0 Å². The van der Waals surface area contributed by atoms with Crippen molar-refractivity contribution in [2.75, 3.05) is 20.2 Å². The number of rotatable bonds is 2. The van der Waals surface area contributed by atoms with Crippen LogP contribution in [0, 0.1) is 11.8 Å². The lowest BCUT2D eigenvalue weighted by molar-refractivity contribution is -0.146. The van der Waals surface area contributed by atoms with Gasteiger partial charge >= 0.3 is 5.97 Å². The maximum absolute atomic E-state index is 12.5. The van der Waals surface area contributed by atoms with E-state index in [9.17, 15) is 9.59 Å². The highest BCUT2D eigenvalue weighted by Gasteiger charge is 2.38. The van der Waals surface area contributed by atoms with E-state index in [-0.39, 0.29) is 23.7 Å². The van der Waals surface area contributed by atoms with Crippen LogP contribution in [0.5, 0.6) is 0 Å². The first kappa shape index (κ1) is 15.3. The summed E-state index contributed by atoms with van der Waals surface area (Å²) in [5.74, 6) is -0.568. The molecule has 4 nitrogen and oxygen atoms in total. The lowest BCUT2D eigenvalue weighted by Crippen LogP contribution is -2.30. The first-order valence-electron chi connectivity index (χ1n) is 6.26. The highest BCUT2D eigenvalue weighted by atomic mass is 79.9. The van der Waals surface area contributed by atoms with E-state index in [1.54, 1.807) is 23.1 Å². The topological polar surface area (TPSA) is 46.6 Å². The molecule has 2 unspecified atom stereocenters. The number of likely N-dealkylation sites (tertiary alicyclic amines) is 1. The molecule has 0 aliphatic carbocycles. The van der Waals surface area contributed by atoms with Gasteiger partial charge in [-0.05, 0) is 40.0 Å². The Balaban J connectivity index is 2.19. The molecule has 108 valence electrons. The van der Waals surface area contributed by atoms with E-state index in [1.165, 1.54) is 7.11 Å². The van der Waals surface area contributed by atoms with E-state index >= 15 is 0 Å². The molecule has 1 amide bonds. The molecule has 0 bridgehead atoms. The van der Waals surface area contributed by atoms with Crippen LogP contribution in [0.3, 0.4) is 0 Å². The van der Waals surface area contributed by atoms with Crippen molar-refractivity contribution >= 4 is 39.4 Å². The minimum atomic E-state index is -0.266. The third-order valence-corrected chi connectivity index (χ3v) is 4.49. The van der Waals surface area contributed by atoms with Crippen LogP contribution in [-0.2, 0) is 9.53 Å². The molecule has 0 saturated carbocycles. The number of halogens is 2. The van der Waals surface area contributed by atoms with Crippen LogP contribution < -0.4 is 0 Å². The lowest BCUT2D eigenvalue weighted by Gasteiger charge is -2.17. The van der Waals surface area contributed by atoms with Crippen LogP contribution in [0.1, 0.15) is 17.3 Å². The summed E-state index contributed by atoms with van der Waals surface area (Å²) in [7, 11) is 1.37. The van der Waals surface area contributed by atoms with Gasteiger partial charge in [0, 0.05) is 22.6 Å². The molecule has 6 heteroatoms. The summed E-state index contributed by atoms with van der Waals surface area (Å²) in [6, 6.07) is 5.09. The molecule has 0 spiro atoms. The van der Waals surface area contributed by atoms with E-state index in [2.05, 4.69) is 15.9 Å². The fraction of sp³-hybridized carbons (Fsp3) is 0.429. The Hall–Kier alpha value is -1.07. The molecule has 20 heavy (non-hydrogen) atoms. The van der Waals surface area contributed by atoms with Crippen molar-refractivity contribution < 1.29 is 14.3 Å². The Morgan fingerprint density at radius 1 is 1.40 bits per heavy atom. The van der Waals surface area contributed by atoms with Gasteiger partial charge in [-0.1, -0.05) is 18.5 Å². The van der Waals surface area contributed by atoms with Gasteiger partial charge in [0.05, 0.1) is 18.6 Å². The summed E-state index contributed by atoms with van der Waals surface area (Å²) in [6.45, 7) is 2.87. The highest BCUT2D eigenvalue weighted by Crippen LogP contribution is 2.28. The largest absolute Gasteiger partial charge is 0.469 e. The Labute approximate surface area is 131 Å². The van der Waals surface area contributed by atoms with Gasteiger partial charge < -0.3 is 9.64 Å². The fourth-order valence-electron chi connectivity index (χ4n) is 2.42. The Morgan fingerprint density at radius 3 is 2.75 bits per heavy atom. The van der Waals surface area contributed by atoms with Crippen molar-refractivity contribution in [3.05, 3.63) is 33.3 Å². The molecular weight excluding hydrogens is 346 g/mol. The number of benzene rings is 1. The van der Waals surface area contributed by atoms with Crippen LogP contribution in [-0.4, -0.2) is 37.0 Å². The molecule has 0 N–H and O–H groups in total. The normalized spacial score (nSPS) is 21.9. The molecule has 1 aliphatic rings. The summed E-state index contributed by atoms with van der Waals surface area (Å²) in [5, 5.41) is 0.508. The number of esters is 1. The van der Waals surface area contributed by atoms with Gasteiger partial charge in [-0.25, -0.2) is 0 Å². The zero-order valence-corrected chi connectivity index (χ0v) is 13.6. The van der Waals surface area contributed by atoms with E-state index in [4.69, 9.17) is 16.3 Å². The third kappa shape index (κ3) is 2.99. The van der Waals surface area contributed by atoms with Crippen molar-refractivity contribution in [3.63, 3.8) is 0 Å². The van der Waals surface area contributed by atoms with Crippen molar-refractivity contribution in [2.24, 2.45) is 11.8 Å². The Morgan fingerprint density at radius 2 is 2.10 bits per heavy atom. The van der Waals surface area contributed by atoms with Crippen molar-refractivity contribution in [1.29, 1.82) is 0 Å². The summed E-state index contributed by atoms with van der Waals surface area (Å²) in [6.07, 6.45) is 0. The van der Waals surface area contributed by atoms with E-state index in [0.717, 1.165) is 0 Å². The zero-order chi connectivity index (χ0) is 14.9. The van der Waals surface area contributed by atoms with Crippen molar-refractivity contribution in [3.8, 4) is 0 Å². The van der Waals surface area contributed by atoms with Gasteiger partial charge in [0.15, 0.2) is 0 Å². The van der Waals surface area contributed by atoms with E-state index in [1.807, 2.05) is 6.92 Å². The molecule has 0 radical (unpaired) electrons. The number of carbonyl (C=O) groups excluding carboxylic acids is 2. The number of carbonyl (C=O) groups is 2. The second-order valence-corrected chi connectivity index (χ2v) is 6.23. The second-order valence-electron chi connectivity index (χ2n) is 4.94. The molecule has 1 fully saturated rings. The summed E-state index contributed by atoms with van der Waals surface area (Å²) >= 11 is 9.29. The summed E-state index contributed by atoms with van der Waals surface area (Å²) in [5.41, 5.74) is 0.509. The van der Waals surface area contributed by atoms with Crippen LogP contribution in [0.4, 0.5) is 0 Å². The highest BCUT2D eigenvalue weighted by molar-refractivity contribution is 9.10. The van der Waals surface area contributed by atoms with Crippen LogP contribution in [0.15, 0.2) is 22.7 Å². The zero-order valence-electron chi connectivity index (χ0n) is 11.2. The first-order chi connectivity index (χ1) is 9.43. The molecule has 0 aromatic heterocycles. The van der Waals surface area contributed by atoms with Gasteiger partial charge in [0.1, 0.15) is 0 Å². The maximum Gasteiger partial charge on any atom is 0.310 e. The predicted molar refractivity (Wildman–Crippen MR) is 79.7 cm³/mol. The number of hydrogen-bond acceptors (Lipinski definition) is 3. The standard InChI is InChI=1S/C14H15BrClNO3/c1-8-6-17(7-11(8)14(19)20-2)13(18)10-5-9(16)3-4-12(10)15/h3-5,8,11H,6-7H2,1-2H3. The molecule has 1 heterocycles. The van der Waals surface area contributed by atoms with Gasteiger partial charge in [-0.2, -0.15) is 0 Å². The van der Waals surface area contributed by atoms with Crippen LogP contribution in [0.2, 0.25) is 5.02 Å². The Bertz CT molecular complexity index is 549. The van der Waals surface area contributed by atoms with Gasteiger partial charge in [0.25, 0.3) is 5.91 Å². The number of ether oxygens (including phenoxy) is 1. The minimum absolute atomic E-state index is 0.0874. The van der Waals surface area contributed by atoms with Gasteiger partial charge in [0.2, 0.25) is 0 Å². The second kappa shape index (κ2) is 6.14. The molecular formula is C14H15BrClNO3. The molecule has 1 saturated heterocycles. The Kier molecular flexibility index (Phi) is 4.70. The average Bonchev–Trinajstić information content (AvgIpc) is 2.82. The number of methoxy groups -OCH3 is 1. The molecule has 1 aromatic rings. The summed E-state index contributed by atoms with van der Waals surface area (Å²) < 4.78 is 5.47. The number of amides is 1. The third-order valence-electron chi connectivity index (χ3n) is 3.56. The lowest BCUT2D eigenvalue weighted by atomic mass is 9.99. The smallest absolute Gasteiger partial charge is 0.310 e. The van der Waals surface area contributed by atoms with Crippen LogP contribution in [0.25, 0.3) is 0 Å². The first-order valence-corrected chi connectivity index (χ1v) is 7.43. The number of nitrogens with zero attached hydrogens (tertiary/aromatic N) is 1. The molecule has 1 aliphatic heterocycles. The van der Waals surface area contributed by atoms with Crippen molar-refractivity contribution in [1.82, 2.24) is 4.90 Å².